The fraction of sp³-hybridized carbons (Fsp3) is 0.636. The lowest BCUT2D eigenvalue weighted by atomic mass is 10.1. The van der Waals surface area contributed by atoms with Crippen molar-refractivity contribution in [2.24, 2.45) is 5.92 Å². The molecule has 0 saturated heterocycles. The van der Waals surface area contributed by atoms with E-state index >= 15 is 0 Å². The second kappa shape index (κ2) is 4.65. The van der Waals surface area contributed by atoms with E-state index in [1.807, 2.05) is 23.7 Å². The van der Waals surface area contributed by atoms with E-state index in [2.05, 4.69) is 10.4 Å². The Kier molecular flexibility index (Phi) is 3.21. The smallest absolute Gasteiger partial charge is 0.236 e. The standard InChI is InChI=1S/C11H18N4O2/c1-8(16)12-4-9-6-15-11(17-7-9)10(5-13-15)14(2)3/h5,9H,4,6-7H2,1-3H3,(H,12,16). The van der Waals surface area contributed by atoms with Crippen LogP contribution in [0.4, 0.5) is 5.69 Å². The summed E-state index contributed by atoms with van der Waals surface area (Å²) in [6.45, 7) is 3.55. The minimum atomic E-state index is -0.00903. The highest BCUT2D eigenvalue weighted by Crippen LogP contribution is 2.30. The molecule has 94 valence electrons. The Bertz CT molecular complexity index is 414. The SMILES string of the molecule is CC(=O)NCC1COc2c(N(C)C)cnn2C1. The number of fused-ring (bicyclic) bond motifs is 1. The van der Waals surface area contributed by atoms with Crippen LogP contribution in [-0.4, -0.2) is 42.9 Å². The van der Waals surface area contributed by atoms with Crippen molar-refractivity contribution in [3.63, 3.8) is 0 Å². The highest BCUT2D eigenvalue weighted by atomic mass is 16.5. The maximum Gasteiger partial charge on any atom is 0.236 e. The van der Waals surface area contributed by atoms with Crippen molar-refractivity contribution in [3.8, 4) is 5.88 Å². The van der Waals surface area contributed by atoms with E-state index in [0.717, 1.165) is 18.1 Å². The third-order valence-electron chi connectivity index (χ3n) is 2.78. The number of aromatic nitrogens is 2. The number of anilines is 1. The van der Waals surface area contributed by atoms with Crippen LogP contribution in [0.2, 0.25) is 0 Å². The summed E-state index contributed by atoms with van der Waals surface area (Å²) in [4.78, 5) is 12.8. The zero-order valence-corrected chi connectivity index (χ0v) is 10.4. The first-order valence-corrected chi connectivity index (χ1v) is 5.68. The Morgan fingerprint density at radius 2 is 2.47 bits per heavy atom. The van der Waals surface area contributed by atoms with Crippen molar-refractivity contribution < 1.29 is 9.53 Å². The fourth-order valence-electron chi connectivity index (χ4n) is 1.86. The van der Waals surface area contributed by atoms with Gasteiger partial charge in [-0.1, -0.05) is 0 Å². The van der Waals surface area contributed by atoms with Crippen LogP contribution in [0, 0.1) is 5.92 Å². The van der Waals surface area contributed by atoms with Gasteiger partial charge in [0.1, 0.15) is 5.69 Å². The summed E-state index contributed by atoms with van der Waals surface area (Å²) >= 11 is 0. The first-order valence-electron chi connectivity index (χ1n) is 5.68. The number of hydrogen-bond acceptors (Lipinski definition) is 4. The molecular formula is C11H18N4O2. The number of carbonyl (C=O) groups is 1. The molecule has 1 atom stereocenters. The molecule has 1 aromatic rings. The maximum atomic E-state index is 10.8. The largest absolute Gasteiger partial charge is 0.476 e. The molecule has 1 aliphatic heterocycles. The van der Waals surface area contributed by atoms with Gasteiger partial charge in [0, 0.05) is 33.5 Å². The molecule has 17 heavy (non-hydrogen) atoms. The Hall–Kier alpha value is -1.72. The van der Waals surface area contributed by atoms with E-state index < -0.39 is 0 Å². The molecule has 6 nitrogen and oxygen atoms in total. The Morgan fingerprint density at radius 3 is 3.12 bits per heavy atom. The third kappa shape index (κ3) is 2.51. The number of amides is 1. The third-order valence-corrected chi connectivity index (χ3v) is 2.78. The van der Waals surface area contributed by atoms with Crippen molar-refractivity contribution in [1.82, 2.24) is 15.1 Å². The molecule has 2 rings (SSSR count). The van der Waals surface area contributed by atoms with Crippen LogP contribution in [-0.2, 0) is 11.3 Å². The average Bonchev–Trinajstić information content (AvgIpc) is 2.69. The Morgan fingerprint density at radius 1 is 1.71 bits per heavy atom. The lowest BCUT2D eigenvalue weighted by molar-refractivity contribution is -0.119. The Balaban J connectivity index is 2.02. The van der Waals surface area contributed by atoms with E-state index in [1.165, 1.54) is 6.92 Å². The van der Waals surface area contributed by atoms with Gasteiger partial charge in [0.2, 0.25) is 11.8 Å². The first kappa shape index (κ1) is 11.8. The number of rotatable bonds is 3. The predicted molar refractivity (Wildman–Crippen MR) is 64.2 cm³/mol. The molecule has 6 heteroatoms. The first-order chi connectivity index (χ1) is 8.08. The number of nitrogens with one attached hydrogen (secondary N) is 1. The molecule has 0 radical (unpaired) electrons. The Labute approximate surface area is 101 Å². The topological polar surface area (TPSA) is 59.4 Å². The van der Waals surface area contributed by atoms with Crippen LogP contribution in [0.1, 0.15) is 6.92 Å². The molecule has 1 unspecified atom stereocenters. The molecule has 0 spiro atoms. The van der Waals surface area contributed by atoms with Gasteiger partial charge < -0.3 is 15.0 Å². The molecule has 0 aromatic carbocycles. The minimum absolute atomic E-state index is 0.00903. The predicted octanol–water partition coefficient (Wildman–Crippen LogP) is 0.0938. The van der Waals surface area contributed by atoms with Gasteiger partial charge in [-0.3, -0.25) is 4.79 Å². The van der Waals surface area contributed by atoms with Crippen LogP contribution in [0.5, 0.6) is 5.88 Å². The molecule has 0 saturated carbocycles. The maximum absolute atomic E-state index is 10.8. The summed E-state index contributed by atoms with van der Waals surface area (Å²) < 4.78 is 7.56. The summed E-state index contributed by atoms with van der Waals surface area (Å²) in [5.41, 5.74) is 0.989. The van der Waals surface area contributed by atoms with Crippen LogP contribution in [0.15, 0.2) is 6.20 Å². The second-order valence-electron chi connectivity index (χ2n) is 4.53. The summed E-state index contributed by atoms with van der Waals surface area (Å²) in [5, 5.41) is 7.10. The van der Waals surface area contributed by atoms with E-state index in [4.69, 9.17) is 4.74 Å². The van der Waals surface area contributed by atoms with Gasteiger partial charge in [0.25, 0.3) is 0 Å². The van der Waals surface area contributed by atoms with Crippen molar-refractivity contribution in [3.05, 3.63) is 6.20 Å². The number of hydrogen-bond donors (Lipinski definition) is 1. The highest BCUT2D eigenvalue weighted by Gasteiger charge is 2.24. The van der Waals surface area contributed by atoms with E-state index in [-0.39, 0.29) is 11.8 Å². The molecule has 2 heterocycles. The zero-order valence-electron chi connectivity index (χ0n) is 10.4. The number of ether oxygens (including phenoxy) is 1. The number of nitrogens with zero attached hydrogens (tertiary/aromatic N) is 3. The molecule has 1 aliphatic rings. The van der Waals surface area contributed by atoms with Gasteiger partial charge in [-0.05, 0) is 0 Å². The van der Waals surface area contributed by atoms with Gasteiger partial charge in [-0.2, -0.15) is 5.10 Å². The molecular weight excluding hydrogens is 220 g/mol. The molecule has 1 amide bonds. The minimum Gasteiger partial charge on any atom is -0.476 e. The van der Waals surface area contributed by atoms with Crippen LogP contribution in [0.3, 0.4) is 0 Å². The van der Waals surface area contributed by atoms with Gasteiger partial charge in [-0.25, -0.2) is 4.68 Å². The van der Waals surface area contributed by atoms with E-state index in [0.29, 0.717) is 13.2 Å². The van der Waals surface area contributed by atoms with Gasteiger partial charge in [0.05, 0.1) is 19.3 Å². The van der Waals surface area contributed by atoms with E-state index in [9.17, 15) is 4.79 Å². The average molecular weight is 238 g/mol. The second-order valence-corrected chi connectivity index (χ2v) is 4.53. The van der Waals surface area contributed by atoms with Crippen molar-refractivity contribution >= 4 is 11.6 Å². The van der Waals surface area contributed by atoms with Crippen molar-refractivity contribution in [2.45, 2.75) is 13.5 Å². The fourth-order valence-corrected chi connectivity index (χ4v) is 1.86. The summed E-state index contributed by atoms with van der Waals surface area (Å²) in [6.07, 6.45) is 1.80. The summed E-state index contributed by atoms with van der Waals surface area (Å²) in [6, 6.07) is 0. The zero-order chi connectivity index (χ0) is 12.4. The summed E-state index contributed by atoms with van der Waals surface area (Å²) in [5.74, 6) is 1.08. The van der Waals surface area contributed by atoms with Crippen molar-refractivity contribution in [2.75, 3.05) is 32.1 Å². The molecule has 0 aliphatic carbocycles. The molecule has 1 aromatic heterocycles. The van der Waals surface area contributed by atoms with Gasteiger partial charge >= 0.3 is 0 Å². The van der Waals surface area contributed by atoms with Gasteiger partial charge in [0.15, 0.2) is 0 Å². The van der Waals surface area contributed by atoms with Crippen LogP contribution in [0.25, 0.3) is 0 Å². The van der Waals surface area contributed by atoms with E-state index in [1.54, 1.807) is 6.20 Å². The molecule has 1 N–H and O–H groups in total. The highest BCUT2D eigenvalue weighted by molar-refractivity contribution is 5.72. The van der Waals surface area contributed by atoms with Crippen molar-refractivity contribution in [1.29, 1.82) is 0 Å². The molecule has 0 fully saturated rings. The normalized spacial score (nSPS) is 18.2. The van der Waals surface area contributed by atoms with Crippen LogP contribution < -0.4 is 15.0 Å². The summed E-state index contributed by atoms with van der Waals surface area (Å²) in [7, 11) is 3.93. The molecule has 0 bridgehead atoms. The monoisotopic (exact) mass is 238 g/mol. The van der Waals surface area contributed by atoms with Crippen LogP contribution >= 0.6 is 0 Å². The lowest BCUT2D eigenvalue weighted by Crippen LogP contribution is -2.36. The lowest BCUT2D eigenvalue weighted by Gasteiger charge is -2.25. The quantitative estimate of drug-likeness (QED) is 0.811. The van der Waals surface area contributed by atoms with Gasteiger partial charge in [-0.15, -0.1) is 0 Å². The number of carbonyl (C=O) groups excluding carboxylic acids is 1.